The highest BCUT2D eigenvalue weighted by atomic mass is 16.5. The summed E-state index contributed by atoms with van der Waals surface area (Å²) in [6.45, 7) is 6.83. The van der Waals surface area contributed by atoms with Gasteiger partial charge < -0.3 is 20.5 Å². The largest absolute Gasteiger partial charge is 0.476 e. The normalized spacial score (nSPS) is 10.3. The van der Waals surface area contributed by atoms with Crippen molar-refractivity contribution >= 4 is 11.5 Å². The zero-order chi connectivity index (χ0) is 13.2. The molecular formula is C13H23N3O2. The van der Waals surface area contributed by atoms with Crippen molar-refractivity contribution in [2.45, 2.75) is 26.7 Å². The summed E-state index contributed by atoms with van der Waals surface area (Å²) in [4.78, 5) is 4.28. The van der Waals surface area contributed by atoms with Crippen LogP contribution in [-0.4, -0.2) is 31.3 Å². The van der Waals surface area contributed by atoms with E-state index in [0.717, 1.165) is 31.8 Å². The Morgan fingerprint density at radius 3 is 2.83 bits per heavy atom. The lowest BCUT2D eigenvalue weighted by Gasteiger charge is -2.10. The molecule has 0 aliphatic heterocycles. The van der Waals surface area contributed by atoms with Crippen LogP contribution in [0, 0.1) is 0 Å². The van der Waals surface area contributed by atoms with Crippen LogP contribution in [0.3, 0.4) is 0 Å². The quantitative estimate of drug-likeness (QED) is 0.661. The van der Waals surface area contributed by atoms with Crippen LogP contribution in [0.4, 0.5) is 11.5 Å². The lowest BCUT2D eigenvalue weighted by atomic mass is 10.4. The van der Waals surface area contributed by atoms with Gasteiger partial charge in [-0.15, -0.1) is 0 Å². The van der Waals surface area contributed by atoms with E-state index >= 15 is 0 Å². The number of nitrogens with zero attached hydrogens (tertiary/aromatic N) is 1. The molecule has 0 unspecified atom stereocenters. The molecule has 0 aliphatic carbocycles. The molecule has 1 heterocycles. The van der Waals surface area contributed by atoms with Crippen LogP contribution in [0.15, 0.2) is 12.1 Å². The molecule has 0 saturated carbocycles. The summed E-state index contributed by atoms with van der Waals surface area (Å²) in [5, 5.41) is 3.18. The zero-order valence-electron chi connectivity index (χ0n) is 11.2. The number of anilines is 2. The van der Waals surface area contributed by atoms with Crippen molar-refractivity contribution in [3.05, 3.63) is 12.1 Å². The van der Waals surface area contributed by atoms with Crippen molar-refractivity contribution in [2.24, 2.45) is 0 Å². The number of nitrogens with two attached hydrogens (primary N) is 1. The van der Waals surface area contributed by atoms with Crippen molar-refractivity contribution in [3.63, 3.8) is 0 Å². The van der Waals surface area contributed by atoms with E-state index in [1.54, 1.807) is 6.07 Å². The number of unbranched alkanes of at least 4 members (excludes halogenated alkanes) is 1. The maximum absolute atomic E-state index is 5.75. The Kier molecular flexibility index (Phi) is 6.94. The minimum Gasteiger partial charge on any atom is -0.476 e. The standard InChI is InChI=1S/C13H23N3O2/c1-3-5-9-17-10-8-15-12-7-6-11(14)13(16-12)18-4-2/h6-7H,3-5,8-10,14H2,1-2H3,(H,15,16). The number of hydrogen-bond donors (Lipinski definition) is 2. The number of nitrogens with one attached hydrogen (secondary N) is 1. The lowest BCUT2D eigenvalue weighted by molar-refractivity contribution is 0.141. The third-order valence-corrected chi connectivity index (χ3v) is 2.37. The Bertz CT molecular complexity index is 345. The molecule has 1 aromatic rings. The summed E-state index contributed by atoms with van der Waals surface area (Å²) >= 11 is 0. The van der Waals surface area contributed by atoms with Gasteiger partial charge in [0, 0.05) is 13.2 Å². The van der Waals surface area contributed by atoms with Gasteiger partial charge in [0.1, 0.15) is 5.82 Å². The molecule has 0 radical (unpaired) electrons. The predicted octanol–water partition coefficient (Wildman–Crippen LogP) is 2.29. The maximum atomic E-state index is 5.75. The van der Waals surface area contributed by atoms with Crippen LogP contribution < -0.4 is 15.8 Å². The topological polar surface area (TPSA) is 69.4 Å². The van der Waals surface area contributed by atoms with E-state index in [-0.39, 0.29) is 0 Å². The monoisotopic (exact) mass is 253 g/mol. The number of ether oxygens (including phenoxy) is 2. The fourth-order valence-corrected chi connectivity index (χ4v) is 1.40. The van der Waals surface area contributed by atoms with Gasteiger partial charge in [0.15, 0.2) is 0 Å². The van der Waals surface area contributed by atoms with Crippen LogP contribution in [0.5, 0.6) is 5.88 Å². The first-order valence-electron chi connectivity index (χ1n) is 6.48. The third-order valence-electron chi connectivity index (χ3n) is 2.37. The number of rotatable bonds is 9. The van der Waals surface area contributed by atoms with E-state index in [0.29, 0.717) is 24.8 Å². The van der Waals surface area contributed by atoms with Gasteiger partial charge in [-0.1, -0.05) is 13.3 Å². The highest BCUT2D eigenvalue weighted by Crippen LogP contribution is 2.20. The van der Waals surface area contributed by atoms with Crippen molar-refractivity contribution < 1.29 is 9.47 Å². The van der Waals surface area contributed by atoms with Gasteiger partial charge in [-0.25, -0.2) is 0 Å². The molecule has 0 saturated heterocycles. The van der Waals surface area contributed by atoms with Crippen molar-refractivity contribution in [1.29, 1.82) is 0 Å². The Balaban J connectivity index is 2.31. The molecule has 0 amide bonds. The average Bonchev–Trinajstić information content (AvgIpc) is 2.37. The van der Waals surface area contributed by atoms with E-state index in [1.165, 1.54) is 0 Å². The van der Waals surface area contributed by atoms with Gasteiger partial charge in [0.25, 0.3) is 0 Å². The van der Waals surface area contributed by atoms with Crippen molar-refractivity contribution in [3.8, 4) is 5.88 Å². The second-order valence-electron chi connectivity index (χ2n) is 3.92. The molecule has 0 atom stereocenters. The molecule has 1 rings (SSSR count). The molecule has 5 nitrogen and oxygen atoms in total. The van der Waals surface area contributed by atoms with Crippen LogP contribution in [0.1, 0.15) is 26.7 Å². The third kappa shape index (κ3) is 5.23. The van der Waals surface area contributed by atoms with Crippen LogP contribution in [0.2, 0.25) is 0 Å². The first kappa shape index (κ1) is 14.6. The molecule has 0 bridgehead atoms. The van der Waals surface area contributed by atoms with Crippen molar-refractivity contribution in [2.75, 3.05) is 37.4 Å². The smallest absolute Gasteiger partial charge is 0.239 e. The zero-order valence-corrected chi connectivity index (χ0v) is 11.2. The van der Waals surface area contributed by atoms with Gasteiger partial charge in [-0.05, 0) is 25.5 Å². The molecular weight excluding hydrogens is 230 g/mol. The van der Waals surface area contributed by atoms with Crippen LogP contribution >= 0.6 is 0 Å². The number of aromatic nitrogens is 1. The van der Waals surface area contributed by atoms with Gasteiger partial charge in [-0.2, -0.15) is 4.98 Å². The number of hydrogen-bond acceptors (Lipinski definition) is 5. The number of pyridine rings is 1. The molecule has 0 spiro atoms. The molecule has 18 heavy (non-hydrogen) atoms. The molecule has 0 fully saturated rings. The van der Waals surface area contributed by atoms with Crippen LogP contribution in [0.25, 0.3) is 0 Å². The summed E-state index contributed by atoms with van der Waals surface area (Å²) < 4.78 is 10.8. The molecule has 0 aliphatic rings. The van der Waals surface area contributed by atoms with Crippen molar-refractivity contribution in [1.82, 2.24) is 4.98 Å². The second kappa shape index (κ2) is 8.58. The maximum Gasteiger partial charge on any atom is 0.239 e. The number of nitrogen functional groups attached to an aromatic ring is 1. The van der Waals surface area contributed by atoms with Crippen LogP contribution in [-0.2, 0) is 4.74 Å². The minimum absolute atomic E-state index is 0.481. The van der Waals surface area contributed by atoms with E-state index in [2.05, 4.69) is 17.2 Å². The van der Waals surface area contributed by atoms with E-state index in [4.69, 9.17) is 15.2 Å². The van der Waals surface area contributed by atoms with Gasteiger partial charge in [0.2, 0.25) is 5.88 Å². The fourth-order valence-electron chi connectivity index (χ4n) is 1.40. The van der Waals surface area contributed by atoms with Gasteiger partial charge >= 0.3 is 0 Å². The Hall–Kier alpha value is -1.49. The van der Waals surface area contributed by atoms with E-state index in [9.17, 15) is 0 Å². The summed E-state index contributed by atoms with van der Waals surface area (Å²) in [5.41, 5.74) is 6.30. The minimum atomic E-state index is 0.481. The van der Waals surface area contributed by atoms with E-state index < -0.39 is 0 Å². The van der Waals surface area contributed by atoms with Gasteiger partial charge in [-0.3, -0.25) is 0 Å². The SMILES string of the molecule is CCCCOCCNc1ccc(N)c(OCC)n1. The Morgan fingerprint density at radius 1 is 1.28 bits per heavy atom. The second-order valence-corrected chi connectivity index (χ2v) is 3.92. The Morgan fingerprint density at radius 2 is 2.11 bits per heavy atom. The summed E-state index contributed by atoms with van der Waals surface area (Å²) in [6, 6.07) is 3.63. The fraction of sp³-hybridized carbons (Fsp3) is 0.615. The lowest BCUT2D eigenvalue weighted by Crippen LogP contribution is -2.11. The highest BCUT2D eigenvalue weighted by molar-refractivity contribution is 5.53. The highest BCUT2D eigenvalue weighted by Gasteiger charge is 2.03. The van der Waals surface area contributed by atoms with Gasteiger partial charge in [0.05, 0.1) is 18.9 Å². The summed E-state index contributed by atoms with van der Waals surface area (Å²) in [7, 11) is 0. The first-order chi connectivity index (χ1) is 8.77. The molecule has 0 aromatic carbocycles. The summed E-state index contributed by atoms with van der Waals surface area (Å²) in [5.74, 6) is 1.24. The first-order valence-corrected chi connectivity index (χ1v) is 6.48. The summed E-state index contributed by atoms with van der Waals surface area (Å²) in [6.07, 6.45) is 2.26. The molecule has 1 aromatic heterocycles. The molecule has 3 N–H and O–H groups in total. The predicted molar refractivity (Wildman–Crippen MR) is 74.0 cm³/mol. The Labute approximate surface area is 109 Å². The molecule has 102 valence electrons. The molecule has 5 heteroatoms. The average molecular weight is 253 g/mol. The van der Waals surface area contributed by atoms with E-state index in [1.807, 2.05) is 13.0 Å².